The Morgan fingerprint density at radius 2 is 1.65 bits per heavy atom. The molecule has 1 atom stereocenters. The van der Waals surface area contributed by atoms with Crippen LogP contribution in [0.4, 0.5) is 4.39 Å². The van der Waals surface area contributed by atoms with E-state index in [-0.39, 0.29) is 12.4 Å². The van der Waals surface area contributed by atoms with Crippen molar-refractivity contribution >= 4 is 0 Å². The quantitative estimate of drug-likeness (QED) is 0.599. The minimum Gasteiger partial charge on any atom is -0.468 e. The van der Waals surface area contributed by atoms with Gasteiger partial charge in [-0.1, -0.05) is 12.1 Å². The van der Waals surface area contributed by atoms with E-state index in [1.807, 2.05) is 23.1 Å². The number of hydrogen-bond donors (Lipinski definition) is 1. The molecule has 138 valence electrons. The van der Waals surface area contributed by atoms with Gasteiger partial charge in [0.05, 0.1) is 31.8 Å². The molecular formula is C20H22FNO4. The number of ether oxygens (including phenoxy) is 1. The highest BCUT2D eigenvalue weighted by Gasteiger charge is 2.15. The average Bonchev–Trinajstić information content (AvgIpc) is 3.31. The van der Waals surface area contributed by atoms with Crippen LogP contribution in [0.15, 0.2) is 69.9 Å². The molecule has 0 radical (unpaired) electrons. The Kier molecular flexibility index (Phi) is 6.60. The fourth-order valence-electron chi connectivity index (χ4n) is 2.70. The van der Waals surface area contributed by atoms with Crippen LogP contribution >= 0.6 is 0 Å². The molecule has 0 bridgehead atoms. The molecule has 0 spiro atoms. The van der Waals surface area contributed by atoms with Gasteiger partial charge in [-0.3, -0.25) is 4.90 Å². The van der Waals surface area contributed by atoms with Crippen LogP contribution in [0.3, 0.4) is 0 Å². The van der Waals surface area contributed by atoms with E-state index >= 15 is 0 Å². The molecule has 2 aromatic heterocycles. The lowest BCUT2D eigenvalue weighted by molar-refractivity contribution is 0.00162. The molecule has 1 N–H and O–H groups in total. The van der Waals surface area contributed by atoms with Gasteiger partial charge in [-0.15, -0.1) is 0 Å². The topological polar surface area (TPSA) is 59.0 Å². The van der Waals surface area contributed by atoms with Gasteiger partial charge < -0.3 is 18.7 Å². The summed E-state index contributed by atoms with van der Waals surface area (Å²) in [5, 5.41) is 10.3. The summed E-state index contributed by atoms with van der Waals surface area (Å²) in [7, 11) is 0. The first kappa shape index (κ1) is 18.4. The maximum absolute atomic E-state index is 13.1. The first-order valence-corrected chi connectivity index (χ1v) is 8.46. The lowest BCUT2D eigenvalue weighted by Crippen LogP contribution is -2.34. The summed E-state index contributed by atoms with van der Waals surface area (Å²) in [6.45, 7) is 2.02. The van der Waals surface area contributed by atoms with E-state index < -0.39 is 6.10 Å². The zero-order chi connectivity index (χ0) is 18.2. The number of aliphatic hydroxyl groups excluding tert-OH is 1. The molecule has 1 unspecified atom stereocenters. The van der Waals surface area contributed by atoms with E-state index in [2.05, 4.69) is 0 Å². The highest BCUT2D eigenvalue weighted by atomic mass is 19.1. The summed E-state index contributed by atoms with van der Waals surface area (Å²) in [6, 6.07) is 13.7. The molecule has 26 heavy (non-hydrogen) atoms. The lowest BCUT2D eigenvalue weighted by atomic mass is 10.2. The molecule has 3 aromatic rings. The molecule has 1 aromatic carbocycles. The molecular weight excluding hydrogens is 337 g/mol. The van der Waals surface area contributed by atoms with Gasteiger partial charge in [0.2, 0.25) is 0 Å². The monoisotopic (exact) mass is 359 g/mol. The van der Waals surface area contributed by atoms with Crippen molar-refractivity contribution < 1.29 is 23.1 Å². The predicted octanol–water partition coefficient (Wildman–Crippen LogP) is 3.59. The first-order chi connectivity index (χ1) is 12.7. The fraction of sp³-hybridized carbons (Fsp3) is 0.300. The Balaban J connectivity index is 1.54. The molecule has 3 rings (SSSR count). The number of nitrogens with zero attached hydrogens (tertiary/aromatic N) is 1. The van der Waals surface area contributed by atoms with Crippen LogP contribution in [0.2, 0.25) is 0 Å². The third kappa shape index (κ3) is 5.84. The number of hydrogen-bond acceptors (Lipinski definition) is 5. The number of benzene rings is 1. The van der Waals surface area contributed by atoms with Crippen molar-refractivity contribution in [2.24, 2.45) is 0 Å². The lowest BCUT2D eigenvalue weighted by Gasteiger charge is -2.24. The van der Waals surface area contributed by atoms with E-state index in [9.17, 15) is 9.50 Å². The summed E-state index contributed by atoms with van der Waals surface area (Å²) in [5.41, 5.74) is 0.960. The summed E-state index contributed by atoms with van der Waals surface area (Å²) in [4.78, 5) is 2.03. The molecule has 0 aliphatic carbocycles. The van der Waals surface area contributed by atoms with Crippen LogP contribution in [-0.4, -0.2) is 29.3 Å². The SMILES string of the molecule is OC(COCc1ccco1)CN(Cc1ccc(F)cc1)Cc1ccco1. The van der Waals surface area contributed by atoms with Crippen molar-refractivity contribution in [1.29, 1.82) is 0 Å². The Bertz CT molecular complexity index is 741. The second kappa shape index (κ2) is 9.33. The molecule has 2 heterocycles. The molecule has 0 aliphatic heterocycles. The van der Waals surface area contributed by atoms with Crippen LogP contribution in [0.1, 0.15) is 17.1 Å². The molecule has 5 nitrogen and oxygen atoms in total. The molecule has 0 saturated carbocycles. The maximum atomic E-state index is 13.1. The fourth-order valence-corrected chi connectivity index (χ4v) is 2.70. The summed E-state index contributed by atoms with van der Waals surface area (Å²) in [5.74, 6) is 1.25. The van der Waals surface area contributed by atoms with Gasteiger partial charge in [0.25, 0.3) is 0 Å². The van der Waals surface area contributed by atoms with Crippen molar-refractivity contribution in [2.45, 2.75) is 25.8 Å². The van der Waals surface area contributed by atoms with E-state index in [0.717, 1.165) is 17.1 Å². The molecule has 0 fully saturated rings. The second-order valence-corrected chi connectivity index (χ2v) is 6.12. The van der Waals surface area contributed by atoms with Gasteiger partial charge in [0, 0.05) is 13.1 Å². The first-order valence-electron chi connectivity index (χ1n) is 8.46. The van der Waals surface area contributed by atoms with Crippen molar-refractivity contribution in [3.63, 3.8) is 0 Å². The van der Waals surface area contributed by atoms with Crippen molar-refractivity contribution in [1.82, 2.24) is 4.90 Å². The van der Waals surface area contributed by atoms with Crippen LogP contribution in [0.5, 0.6) is 0 Å². The third-order valence-electron chi connectivity index (χ3n) is 3.88. The molecule has 0 amide bonds. The zero-order valence-corrected chi connectivity index (χ0v) is 14.4. The van der Waals surface area contributed by atoms with E-state index in [1.54, 1.807) is 30.7 Å². The third-order valence-corrected chi connectivity index (χ3v) is 3.88. The predicted molar refractivity (Wildman–Crippen MR) is 93.6 cm³/mol. The molecule has 0 aliphatic rings. The zero-order valence-electron chi connectivity index (χ0n) is 14.4. The normalized spacial score (nSPS) is 12.6. The molecule has 6 heteroatoms. The number of halogens is 1. The Morgan fingerprint density at radius 3 is 2.31 bits per heavy atom. The van der Waals surface area contributed by atoms with Crippen LogP contribution in [-0.2, 0) is 24.4 Å². The summed E-state index contributed by atoms with van der Waals surface area (Å²) in [6.07, 6.45) is 2.54. The largest absolute Gasteiger partial charge is 0.468 e. The summed E-state index contributed by atoms with van der Waals surface area (Å²) < 4.78 is 29.2. The molecule has 0 saturated heterocycles. The second-order valence-electron chi connectivity index (χ2n) is 6.12. The van der Waals surface area contributed by atoms with Gasteiger partial charge in [-0.2, -0.15) is 0 Å². The highest BCUT2D eigenvalue weighted by molar-refractivity contribution is 5.16. The maximum Gasteiger partial charge on any atom is 0.129 e. The van der Waals surface area contributed by atoms with Gasteiger partial charge in [-0.05, 0) is 42.0 Å². The standard InChI is InChI=1S/C20H22FNO4/c21-17-7-5-16(6-8-17)11-22(13-19-3-1-9-25-19)12-18(23)14-24-15-20-4-2-10-26-20/h1-10,18,23H,11-15H2. The Morgan fingerprint density at radius 1 is 0.962 bits per heavy atom. The minimum atomic E-state index is -0.666. The van der Waals surface area contributed by atoms with Crippen LogP contribution in [0, 0.1) is 5.82 Å². The van der Waals surface area contributed by atoms with Gasteiger partial charge >= 0.3 is 0 Å². The Labute approximate surface area is 151 Å². The van der Waals surface area contributed by atoms with Crippen molar-refractivity contribution in [2.75, 3.05) is 13.2 Å². The number of rotatable bonds is 10. The van der Waals surface area contributed by atoms with Crippen molar-refractivity contribution in [3.8, 4) is 0 Å². The van der Waals surface area contributed by atoms with Gasteiger partial charge in [-0.25, -0.2) is 4.39 Å². The average molecular weight is 359 g/mol. The number of aliphatic hydroxyl groups is 1. The summed E-state index contributed by atoms with van der Waals surface area (Å²) >= 11 is 0. The van der Waals surface area contributed by atoms with E-state index in [4.69, 9.17) is 13.6 Å². The minimum absolute atomic E-state index is 0.193. The van der Waals surface area contributed by atoms with Crippen LogP contribution < -0.4 is 0 Å². The van der Waals surface area contributed by atoms with Gasteiger partial charge in [0.15, 0.2) is 0 Å². The van der Waals surface area contributed by atoms with Crippen LogP contribution in [0.25, 0.3) is 0 Å². The van der Waals surface area contributed by atoms with Gasteiger partial charge in [0.1, 0.15) is 23.9 Å². The van der Waals surface area contributed by atoms with E-state index in [0.29, 0.717) is 26.2 Å². The number of furan rings is 2. The highest BCUT2D eigenvalue weighted by Crippen LogP contribution is 2.12. The van der Waals surface area contributed by atoms with Crippen molar-refractivity contribution in [3.05, 3.63) is 84.0 Å². The van der Waals surface area contributed by atoms with E-state index in [1.165, 1.54) is 12.1 Å². The smallest absolute Gasteiger partial charge is 0.129 e. The Hall–Kier alpha value is -2.41.